The van der Waals surface area contributed by atoms with Crippen LogP contribution in [0.1, 0.15) is 25.7 Å². The molecule has 0 aromatic carbocycles. The molecule has 1 amide bonds. The van der Waals surface area contributed by atoms with Crippen molar-refractivity contribution in [3.8, 4) is 0 Å². The van der Waals surface area contributed by atoms with Gasteiger partial charge in [0.25, 0.3) is 0 Å². The normalized spacial score (nSPS) is 21.9. The summed E-state index contributed by atoms with van der Waals surface area (Å²) >= 11 is 0. The highest BCUT2D eigenvalue weighted by Crippen LogP contribution is 2.16. The zero-order valence-corrected chi connectivity index (χ0v) is 9.91. The zero-order valence-electron chi connectivity index (χ0n) is 9.91. The van der Waals surface area contributed by atoms with Gasteiger partial charge in [-0.05, 0) is 32.4 Å². The van der Waals surface area contributed by atoms with E-state index < -0.39 is 0 Å². The first-order valence-corrected chi connectivity index (χ1v) is 5.79. The summed E-state index contributed by atoms with van der Waals surface area (Å²) in [7, 11) is 3.61. The van der Waals surface area contributed by atoms with E-state index in [-0.39, 0.29) is 5.91 Å². The SMILES string of the molecule is CN(C)C(=O)CCCN1CCCC1CN. The maximum absolute atomic E-state index is 11.4. The van der Waals surface area contributed by atoms with Crippen LogP contribution in [-0.2, 0) is 4.79 Å². The van der Waals surface area contributed by atoms with E-state index in [0.29, 0.717) is 12.5 Å². The first-order chi connectivity index (χ1) is 7.15. The van der Waals surface area contributed by atoms with Gasteiger partial charge >= 0.3 is 0 Å². The molecule has 1 fully saturated rings. The largest absolute Gasteiger partial charge is 0.349 e. The number of nitrogens with two attached hydrogens (primary N) is 1. The van der Waals surface area contributed by atoms with Gasteiger partial charge < -0.3 is 10.6 Å². The number of amides is 1. The predicted octanol–water partition coefficient (Wildman–Crippen LogP) is 0.278. The van der Waals surface area contributed by atoms with Crippen LogP contribution in [0.2, 0.25) is 0 Å². The highest BCUT2D eigenvalue weighted by Gasteiger charge is 2.22. The second kappa shape index (κ2) is 6.08. The molecule has 1 saturated heterocycles. The quantitative estimate of drug-likeness (QED) is 0.713. The van der Waals surface area contributed by atoms with E-state index in [2.05, 4.69) is 4.90 Å². The van der Waals surface area contributed by atoms with Crippen molar-refractivity contribution in [1.82, 2.24) is 9.80 Å². The molecule has 0 aromatic rings. The van der Waals surface area contributed by atoms with Crippen LogP contribution in [-0.4, -0.2) is 55.5 Å². The van der Waals surface area contributed by atoms with Gasteiger partial charge in [0.1, 0.15) is 0 Å². The lowest BCUT2D eigenvalue weighted by molar-refractivity contribution is -0.128. The van der Waals surface area contributed by atoms with Gasteiger partial charge in [0.05, 0.1) is 0 Å². The molecule has 4 nitrogen and oxygen atoms in total. The number of carbonyl (C=O) groups is 1. The lowest BCUT2D eigenvalue weighted by Crippen LogP contribution is -2.36. The lowest BCUT2D eigenvalue weighted by Gasteiger charge is -2.23. The summed E-state index contributed by atoms with van der Waals surface area (Å²) in [5.41, 5.74) is 5.69. The molecule has 0 radical (unpaired) electrons. The maximum atomic E-state index is 11.4. The van der Waals surface area contributed by atoms with E-state index in [4.69, 9.17) is 5.73 Å². The molecule has 1 aliphatic rings. The molecule has 2 N–H and O–H groups in total. The van der Waals surface area contributed by atoms with Gasteiger partial charge in [0.15, 0.2) is 0 Å². The summed E-state index contributed by atoms with van der Waals surface area (Å²) < 4.78 is 0. The summed E-state index contributed by atoms with van der Waals surface area (Å²) in [6.07, 6.45) is 4.08. The Bertz CT molecular complexity index is 206. The Morgan fingerprint density at radius 3 is 2.87 bits per heavy atom. The van der Waals surface area contributed by atoms with E-state index in [1.807, 2.05) is 0 Å². The molecule has 1 aliphatic heterocycles. The average molecular weight is 213 g/mol. The van der Waals surface area contributed by atoms with Crippen LogP contribution in [0.3, 0.4) is 0 Å². The predicted molar refractivity (Wildman–Crippen MR) is 61.6 cm³/mol. The minimum Gasteiger partial charge on any atom is -0.349 e. The lowest BCUT2D eigenvalue weighted by atomic mass is 10.2. The molecule has 1 rings (SSSR count). The minimum absolute atomic E-state index is 0.221. The monoisotopic (exact) mass is 213 g/mol. The molecule has 1 atom stereocenters. The van der Waals surface area contributed by atoms with Gasteiger partial charge in [-0.1, -0.05) is 0 Å². The number of rotatable bonds is 5. The smallest absolute Gasteiger partial charge is 0.222 e. The number of likely N-dealkylation sites (tertiary alicyclic amines) is 1. The maximum Gasteiger partial charge on any atom is 0.222 e. The molecular weight excluding hydrogens is 190 g/mol. The standard InChI is InChI=1S/C11H23N3O/c1-13(2)11(15)6-4-8-14-7-3-5-10(14)9-12/h10H,3-9,12H2,1-2H3. The molecule has 1 unspecified atom stereocenters. The Morgan fingerprint density at radius 1 is 1.53 bits per heavy atom. The van der Waals surface area contributed by atoms with Crippen LogP contribution in [0.25, 0.3) is 0 Å². The Kier molecular flexibility index (Phi) is 5.05. The van der Waals surface area contributed by atoms with Crippen LogP contribution >= 0.6 is 0 Å². The molecule has 88 valence electrons. The first kappa shape index (κ1) is 12.5. The summed E-state index contributed by atoms with van der Waals surface area (Å²) in [5, 5.41) is 0. The molecule has 15 heavy (non-hydrogen) atoms. The second-order valence-corrected chi connectivity index (χ2v) is 4.46. The third-order valence-corrected chi connectivity index (χ3v) is 3.11. The third kappa shape index (κ3) is 3.80. The van der Waals surface area contributed by atoms with Gasteiger partial charge in [0.2, 0.25) is 5.91 Å². The van der Waals surface area contributed by atoms with Crippen LogP contribution in [0, 0.1) is 0 Å². The van der Waals surface area contributed by atoms with Crippen molar-refractivity contribution in [2.75, 3.05) is 33.7 Å². The van der Waals surface area contributed by atoms with E-state index >= 15 is 0 Å². The van der Waals surface area contributed by atoms with E-state index in [0.717, 1.165) is 26.1 Å². The topological polar surface area (TPSA) is 49.6 Å². The van der Waals surface area contributed by atoms with Crippen LogP contribution in [0.15, 0.2) is 0 Å². The van der Waals surface area contributed by atoms with Gasteiger partial charge in [-0.15, -0.1) is 0 Å². The Hall–Kier alpha value is -0.610. The van der Waals surface area contributed by atoms with Crippen molar-refractivity contribution in [3.63, 3.8) is 0 Å². The second-order valence-electron chi connectivity index (χ2n) is 4.46. The van der Waals surface area contributed by atoms with Crippen molar-refractivity contribution in [2.24, 2.45) is 5.73 Å². The summed E-state index contributed by atoms with van der Waals surface area (Å²) in [6, 6.07) is 0.555. The first-order valence-electron chi connectivity index (χ1n) is 5.79. The summed E-state index contributed by atoms with van der Waals surface area (Å²) in [4.78, 5) is 15.4. The molecule has 0 saturated carbocycles. The molecule has 0 aromatic heterocycles. The van der Waals surface area contributed by atoms with Crippen molar-refractivity contribution in [3.05, 3.63) is 0 Å². The number of hydrogen-bond acceptors (Lipinski definition) is 3. The van der Waals surface area contributed by atoms with Gasteiger partial charge in [-0.2, -0.15) is 0 Å². The van der Waals surface area contributed by atoms with E-state index in [1.54, 1.807) is 19.0 Å². The molecule has 0 spiro atoms. The van der Waals surface area contributed by atoms with Crippen molar-refractivity contribution in [2.45, 2.75) is 31.7 Å². The Morgan fingerprint density at radius 2 is 2.27 bits per heavy atom. The number of nitrogens with zero attached hydrogens (tertiary/aromatic N) is 2. The zero-order chi connectivity index (χ0) is 11.3. The number of hydrogen-bond donors (Lipinski definition) is 1. The molecule has 4 heteroatoms. The highest BCUT2D eigenvalue weighted by molar-refractivity contribution is 5.75. The van der Waals surface area contributed by atoms with Crippen molar-refractivity contribution in [1.29, 1.82) is 0 Å². The average Bonchev–Trinajstić information content (AvgIpc) is 2.65. The third-order valence-electron chi connectivity index (χ3n) is 3.11. The minimum atomic E-state index is 0.221. The Balaban J connectivity index is 2.17. The fraction of sp³-hybridized carbons (Fsp3) is 0.909. The van der Waals surface area contributed by atoms with E-state index in [1.165, 1.54) is 12.8 Å². The number of carbonyl (C=O) groups excluding carboxylic acids is 1. The van der Waals surface area contributed by atoms with Crippen LogP contribution in [0.4, 0.5) is 0 Å². The molecular formula is C11H23N3O. The highest BCUT2D eigenvalue weighted by atomic mass is 16.2. The molecule has 0 bridgehead atoms. The fourth-order valence-corrected chi connectivity index (χ4v) is 2.11. The van der Waals surface area contributed by atoms with E-state index in [9.17, 15) is 4.79 Å². The fourth-order valence-electron chi connectivity index (χ4n) is 2.11. The molecule has 1 heterocycles. The van der Waals surface area contributed by atoms with Gasteiger partial charge in [-0.25, -0.2) is 0 Å². The van der Waals surface area contributed by atoms with Crippen LogP contribution < -0.4 is 5.73 Å². The van der Waals surface area contributed by atoms with Gasteiger partial charge in [-0.3, -0.25) is 9.69 Å². The summed E-state index contributed by atoms with van der Waals surface area (Å²) in [5.74, 6) is 0.221. The van der Waals surface area contributed by atoms with Crippen molar-refractivity contribution >= 4 is 5.91 Å². The molecule has 0 aliphatic carbocycles. The Labute approximate surface area is 92.4 Å². The summed E-state index contributed by atoms with van der Waals surface area (Å²) in [6.45, 7) is 2.92. The van der Waals surface area contributed by atoms with Crippen LogP contribution in [0.5, 0.6) is 0 Å². The van der Waals surface area contributed by atoms with Gasteiger partial charge in [0, 0.05) is 33.1 Å². The van der Waals surface area contributed by atoms with Crippen molar-refractivity contribution < 1.29 is 4.79 Å².